The van der Waals surface area contributed by atoms with Gasteiger partial charge in [-0.2, -0.15) is 5.10 Å². The van der Waals surface area contributed by atoms with Crippen molar-refractivity contribution in [2.24, 2.45) is 5.73 Å². The Bertz CT molecular complexity index is 460. The van der Waals surface area contributed by atoms with E-state index in [1.54, 1.807) is 6.20 Å². The Morgan fingerprint density at radius 1 is 1.37 bits per heavy atom. The minimum absolute atomic E-state index is 0.216. The molecule has 0 aliphatic rings. The molecule has 0 atom stereocenters. The second-order valence-corrected chi connectivity index (χ2v) is 5.12. The second-order valence-electron chi connectivity index (χ2n) is 4.74. The second kappa shape index (κ2) is 7.47. The molecule has 19 heavy (non-hydrogen) atoms. The first kappa shape index (κ1) is 15.9. The van der Waals surface area contributed by atoms with Crippen LogP contribution in [0.4, 0.5) is 5.69 Å². The van der Waals surface area contributed by atoms with Crippen molar-refractivity contribution in [3.8, 4) is 0 Å². The predicted molar refractivity (Wildman–Crippen MR) is 79.0 cm³/mol. The van der Waals surface area contributed by atoms with Crippen LogP contribution in [-0.2, 0) is 6.54 Å². The summed E-state index contributed by atoms with van der Waals surface area (Å²) in [7, 11) is 5.77. The third kappa shape index (κ3) is 4.49. The molecule has 0 aliphatic carbocycles. The van der Waals surface area contributed by atoms with Crippen LogP contribution in [0.25, 0.3) is 0 Å². The zero-order chi connectivity index (χ0) is 14.4. The minimum Gasteiger partial charge on any atom is -0.372 e. The van der Waals surface area contributed by atoms with Crippen LogP contribution >= 0.6 is 11.6 Å². The van der Waals surface area contributed by atoms with Gasteiger partial charge in [-0.25, -0.2) is 4.68 Å². The van der Waals surface area contributed by atoms with Crippen LogP contribution in [0, 0.1) is 0 Å². The van der Waals surface area contributed by atoms with E-state index in [2.05, 4.69) is 5.10 Å². The molecule has 0 unspecified atom stereocenters. The number of anilines is 1. The van der Waals surface area contributed by atoms with Gasteiger partial charge in [-0.15, -0.1) is 0 Å². The highest BCUT2D eigenvalue weighted by molar-refractivity contribution is 6.33. The molecule has 108 valence electrons. The minimum atomic E-state index is -0.249. The Kier molecular flexibility index (Phi) is 6.27. The summed E-state index contributed by atoms with van der Waals surface area (Å²) in [5.41, 5.74) is 5.87. The summed E-state index contributed by atoms with van der Waals surface area (Å²) in [6, 6.07) is 0. The molecule has 0 amide bonds. The van der Waals surface area contributed by atoms with Gasteiger partial charge in [0.2, 0.25) is 0 Å². The SMILES string of the molecule is CN(C)CCn1ncc(N(C)CCCN)c(Cl)c1=O. The average Bonchev–Trinajstić information content (AvgIpc) is 2.37. The summed E-state index contributed by atoms with van der Waals surface area (Å²) in [4.78, 5) is 16.0. The molecule has 0 fully saturated rings. The maximum absolute atomic E-state index is 12.1. The largest absolute Gasteiger partial charge is 0.372 e. The van der Waals surface area contributed by atoms with Gasteiger partial charge in [-0.1, -0.05) is 11.6 Å². The van der Waals surface area contributed by atoms with Gasteiger partial charge >= 0.3 is 0 Å². The first-order valence-corrected chi connectivity index (χ1v) is 6.66. The molecule has 7 heteroatoms. The molecule has 0 radical (unpaired) electrons. The Labute approximate surface area is 118 Å². The molecular weight excluding hydrogens is 266 g/mol. The summed E-state index contributed by atoms with van der Waals surface area (Å²) >= 11 is 6.13. The van der Waals surface area contributed by atoms with Crippen LogP contribution in [0.5, 0.6) is 0 Å². The van der Waals surface area contributed by atoms with Gasteiger partial charge in [0.15, 0.2) is 0 Å². The first-order chi connectivity index (χ1) is 8.97. The van der Waals surface area contributed by atoms with Crippen molar-refractivity contribution in [1.82, 2.24) is 14.7 Å². The summed E-state index contributed by atoms with van der Waals surface area (Å²) < 4.78 is 1.39. The molecule has 1 heterocycles. The van der Waals surface area contributed by atoms with E-state index >= 15 is 0 Å². The molecule has 2 N–H and O–H groups in total. The van der Waals surface area contributed by atoms with Gasteiger partial charge in [0, 0.05) is 20.1 Å². The summed E-state index contributed by atoms with van der Waals surface area (Å²) in [5, 5.41) is 4.38. The van der Waals surface area contributed by atoms with Gasteiger partial charge < -0.3 is 15.5 Å². The van der Waals surface area contributed by atoms with Crippen molar-refractivity contribution in [2.45, 2.75) is 13.0 Å². The number of rotatable bonds is 7. The Morgan fingerprint density at radius 3 is 2.63 bits per heavy atom. The van der Waals surface area contributed by atoms with Crippen molar-refractivity contribution < 1.29 is 0 Å². The number of hydrogen-bond donors (Lipinski definition) is 1. The topological polar surface area (TPSA) is 67.4 Å². The zero-order valence-electron chi connectivity index (χ0n) is 11.8. The zero-order valence-corrected chi connectivity index (χ0v) is 12.5. The number of nitrogens with two attached hydrogens (primary N) is 1. The lowest BCUT2D eigenvalue weighted by atomic mass is 10.3. The fourth-order valence-corrected chi connectivity index (χ4v) is 1.92. The molecule has 1 rings (SSSR count). The van der Waals surface area contributed by atoms with Crippen molar-refractivity contribution in [3.05, 3.63) is 21.6 Å². The molecule has 0 saturated heterocycles. The van der Waals surface area contributed by atoms with E-state index in [-0.39, 0.29) is 10.6 Å². The van der Waals surface area contributed by atoms with Gasteiger partial charge in [0.1, 0.15) is 5.02 Å². The van der Waals surface area contributed by atoms with Crippen LogP contribution in [0.2, 0.25) is 5.02 Å². The van der Waals surface area contributed by atoms with Gasteiger partial charge in [0.05, 0.1) is 18.4 Å². The highest BCUT2D eigenvalue weighted by Crippen LogP contribution is 2.19. The van der Waals surface area contributed by atoms with Crippen LogP contribution in [-0.4, -0.2) is 55.5 Å². The van der Waals surface area contributed by atoms with Gasteiger partial charge in [0.25, 0.3) is 5.56 Å². The maximum atomic E-state index is 12.1. The van der Waals surface area contributed by atoms with Crippen LogP contribution in [0.1, 0.15) is 6.42 Å². The quantitative estimate of drug-likeness (QED) is 0.778. The standard InChI is InChI=1S/C12H22ClN5O/c1-16(2)7-8-18-12(19)11(13)10(9-15-18)17(3)6-4-5-14/h9H,4-8,14H2,1-3H3. The van der Waals surface area contributed by atoms with Crippen molar-refractivity contribution in [3.63, 3.8) is 0 Å². The number of nitrogens with zero attached hydrogens (tertiary/aromatic N) is 4. The average molecular weight is 288 g/mol. The number of aromatic nitrogens is 2. The summed E-state index contributed by atoms with van der Waals surface area (Å²) in [6.07, 6.45) is 2.48. The monoisotopic (exact) mass is 287 g/mol. The van der Waals surface area contributed by atoms with E-state index in [0.717, 1.165) is 19.5 Å². The molecule has 6 nitrogen and oxygen atoms in total. The molecule has 0 aromatic carbocycles. The Morgan fingerprint density at radius 2 is 2.05 bits per heavy atom. The molecule has 0 spiro atoms. The molecular formula is C12H22ClN5O. The van der Waals surface area contributed by atoms with E-state index in [1.807, 2.05) is 30.9 Å². The highest BCUT2D eigenvalue weighted by atomic mass is 35.5. The predicted octanol–water partition coefficient (Wildman–Crippen LogP) is 0.243. The van der Waals surface area contributed by atoms with Crippen LogP contribution < -0.4 is 16.2 Å². The lowest BCUT2D eigenvalue weighted by molar-refractivity contribution is 0.367. The van der Waals surface area contributed by atoms with E-state index in [4.69, 9.17) is 17.3 Å². The molecule has 1 aromatic heterocycles. The van der Waals surface area contributed by atoms with E-state index < -0.39 is 0 Å². The number of halogens is 1. The normalized spacial score (nSPS) is 11.1. The molecule has 1 aromatic rings. The van der Waals surface area contributed by atoms with E-state index in [0.29, 0.717) is 18.8 Å². The number of hydrogen-bond acceptors (Lipinski definition) is 5. The third-order valence-electron chi connectivity index (χ3n) is 2.83. The fourth-order valence-electron chi connectivity index (χ4n) is 1.63. The first-order valence-electron chi connectivity index (χ1n) is 6.29. The maximum Gasteiger partial charge on any atom is 0.287 e. The molecule has 0 aliphatic heterocycles. The van der Waals surface area contributed by atoms with E-state index in [9.17, 15) is 4.79 Å². The highest BCUT2D eigenvalue weighted by Gasteiger charge is 2.12. The Hall–Kier alpha value is -1.11. The summed E-state index contributed by atoms with van der Waals surface area (Å²) in [6.45, 7) is 2.62. The van der Waals surface area contributed by atoms with Crippen molar-refractivity contribution in [1.29, 1.82) is 0 Å². The van der Waals surface area contributed by atoms with Crippen LogP contribution in [0.3, 0.4) is 0 Å². The van der Waals surface area contributed by atoms with Gasteiger partial charge in [-0.05, 0) is 27.1 Å². The fraction of sp³-hybridized carbons (Fsp3) is 0.667. The molecule has 0 bridgehead atoms. The number of likely N-dealkylation sites (N-methyl/N-ethyl adjacent to an activating group) is 1. The van der Waals surface area contributed by atoms with Crippen LogP contribution in [0.15, 0.2) is 11.0 Å². The van der Waals surface area contributed by atoms with Gasteiger partial charge in [-0.3, -0.25) is 4.79 Å². The summed E-state index contributed by atoms with van der Waals surface area (Å²) in [5.74, 6) is 0. The third-order valence-corrected chi connectivity index (χ3v) is 3.19. The van der Waals surface area contributed by atoms with Crippen molar-refractivity contribution in [2.75, 3.05) is 45.7 Å². The van der Waals surface area contributed by atoms with Crippen molar-refractivity contribution >= 4 is 17.3 Å². The lowest BCUT2D eigenvalue weighted by Crippen LogP contribution is -2.31. The molecule has 0 saturated carbocycles. The Balaban J connectivity index is 2.88. The van der Waals surface area contributed by atoms with E-state index in [1.165, 1.54) is 4.68 Å². The lowest BCUT2D eigenvalue weighted by Gasteiger charge is -2.20. The smallest absolute Gasteiger partial charge is 0.287 e.